The minimum absolute atomic E-state index is 0.279. The summed E-state index contributed by atoms with van der Waals surface area (Å²) < 4.78 is 10.2. The van der Waals surface area contributed by atoms with Crippen LogP contribution in [0, 0.1) is 12.3 Å². The Labute approximate surface area is 85.7 Å². The van der Waals surface area contributed by atoms with Crippen molar-refractivity contribution in [1.82, 2.24) is 0 Å². The Hall–Kier alpha value is -0.820. The molecule has 3 heteroatoms. The van der Waals surface area contributed by atoms with Gasteiger partial charge in [0.25, 0.3) is 0 Å². The molecular weight excluding hydrogens is 180 g/mol. The van der Waals surface area contributed by atoms with Gasteiger partial charge in [-0.15, -0.1) is 18.9 Å². The number of terminal acetylenes is 1. The van der Waals surface area contributed by atoms with Crippen LogP contribution in [0.3, 0.4) is 0 Å². The van der Waals surface area contributed by atoms with Crippen LogP contribution in [0.2, 0.25) is 0 Å². The Kier molecular flexibility index (Phi) is 9.66. The first-order chi connectivity index (χ1) is 6.81. The first-order valence-electron chi connectivity index (χ1n) is 4.69. The van der Waals surface area contributed by atoms with Crippen molar-refractivity contribution in [1.29, 1.82) is 0 Å². The summed E-state index contributed by atoms with van der Waals surface area (Å²) in [6.07, 6.45) is 7.68. The van der Waals surface area contributed by atoms with E-state index in [1.807, 2.05) is 0 Å². The average molecular weight is 198 g/mol. The Balaban J connectivity index is 3.14. The third-order valence-corrected chi connectivity index (χ3v) is 1.47. The molecule has 0 aliphatic carbocycles. The van der Waals surface area contributed by atoms with Gasteiger partial charge in [0.2, 0.25) is 0 Å². The van der Waals surface area contributed by atoms with E-state index in [9.17, 15) is 5.11 Å². The summed E-state index contributed by atoms with van der Waals surface area (Å²) in [5.41, 5.74) is 0. The van der Waals surface area contributed by atoms with Gasteiger partial charge >= 0.3 is 0 Å². The van der Waals surface area contributed by atoms with Crippen molar-refractivity contribution >= 4 is 0 Å². The van der Waals surface area contributed by atoms with Crippen LogP contribution in [0.1, 0.15) is 12.8 Å². The molecule has 1 unspecified atom stereocenters. The predicted octanol–water partition coefficient (Wildman–Crippen LogP) is 0.980. The maximum Gasteiger partial charge on any atom is 0.101 e. The van der Waals surface area contributed by atoms with Gasteiger partial charge in [-0.1, -0.05) is 6.08 Å². The fourth-order valence-corrected chi connectivity index (χ4v) is 0.831. The van der Waals surface area contributed by atoms with Gasteiger partial charge in [0.05, 0.1) is 19.8 Å². The van der Waals surface area contributed by atoms with Gasteiger partial charge in [0, 0.05) is 13.0 Å². The maximum atomic E-state index is 9.31. The van der Waals surface area contributed by atoms with E-state index in [0.717, 1.165) is 6.42 Å². The highest BCUT2D eigenvalue weighted by Gasteiger charge is 2.02. The molecule has 0 fully saturated rings. The fraction of sp³-hybridized carbons (Fsp3) is 0.636. The van der Waals surface area contributed by atoms with Crippen LogP contribution in [0.4, 0.5) is 0 Å². The summed E-state index contributed by atoms with van der Waals surface area (Å²) >= 11 is 0. The van der Waals surface area contributed by atoms with Crippen LogP contribution in [-0.2, 0) is 9.47 Å². The Morgan fingerprint density at radius 3 is 2.79 bits per heavy atom. The van der Waals surface area contributed by atoms with Crippen LogP contribution >= 0.6 is 0 Å². The lowest BCUT2D eigenvalue weighted by molar-refractivity contribution is -0.0132. The zero-order valence-electron chi connectivity index (χ0n) is 8.45. The molecule has 0 saturated carbocycles. The van der Waals surface area contributed by atoms with E-state index in [4.69, 9.17) is 15.9 Å². The normalized spacial score (nSPS) is 12.0. The van der Waals surface area contributed by atoms with E-state index in [2.05, 4.69) is 12.5 Å². The molecule has 0 radical (unpaired) electrons. The summed E-state index contributed by atoms with van der Waals surface area (Å²) in [5, 5.41) is 9.31. The van der Waals surface area contributed by atoms with E-state index in [1.165, 1.54) is 0 Å². The van der Waals surface area contributed by atoms with Crippen LogP contribution in [0.25, 0.3) is 0 Å². The van der Waals surface area contributed by atoms with Crippen molar-refractivity contribution in [3.05, 3.63) is 12.7 Å². The highest BCUT2D eigenvalue weighted by atomic mass is 16.5. The third kappa shape index (κ3) is 9.27. The molecule has 0 rings (SSSR count). The smallest absolute Gasteiger partial charge is 0.101 e. The first kappa shape index (κ1) is 13.2. The lowest BCUT2D eigenvalue weighted by Gasteiger charge is -2.10. The van der Waals surface area contributed by atoms with Crippen LogP contribution in [-0.4, -0.2) is 37.6 Å². The topological polar surface area (TPSA) is 38.7 Å². The van der Waals surface area contributed by atoms with Gasteiger partial charge in [0.15, 0.2) is 0 Å². The average Bonchev–Trinajstić information content (AvgIpc) is 2.18. The fourth-order valence-electron chi connectivity index (χ4n) is 0.831. The molecule has 0 aromatic heterocycles. The molecule has 80 valence electrons. The van der Waals surface area contributed by atoms with E-state index in [-0.39, 0.29) is 6.61 Å². The second kappa shape index (κ2) is 10.3. The van der Waals surface area contributed by atoms with Gasteiger partial charge in [-0.25, -0.2) is 0 Å². The molecule has 0 amide bonds. The molecule has 0 aromatic rings. The third-order valence-electron chi connectivity index (χ3n) is 1.47. The number of ether oxygens (including phenoxy) is 2. The zero-order valence-corrected chi connectivity index (χ0v) is 8.45. The Morgan fingerprint density at radius 1 is 1.43 bits per heavy atom. The quantitative estimate of drug-likeness (QED) is 0.341. The van der Waals surface area contributed by atoms with Crippen molar-refractivity contribution < 1.29 is 14.6 Å². The molecule has 0 bridgehead atoms. The van der Waals surface area contributed by atoms with Gasteiger partial charge in [-0.2, -0.15) is 0 Å². The van der Waals surface area contributed by atoms with Gasteiger partial charge < -0.3 is 14.6 Å². The van der Waals surface area contributed by atoms with Crippen molar-refractivity contribution in [2.45, 2.75) is 18.9 Å². The summed E-state index contributed by atoms with van der Waals surface area (Å²) in [6, 6.07) is 0. The lowest BCUT2D eigenvalue weighted by Crippen LogP contribution is -2.22. The SMILES string of the molecule is C#CCCCOCC(O)COCC=C. The molecule has 0 saturated heterocycles. The van der Waals surface area contributed by atoms with E-state index in [0.29, 0.717) is 26.2 Å². The maximum absolute atomic E-state index is 9.31. The largest absolute Gasteiger partial charge is 0.388 e. The van der Waals surface area contributed by atoms with Crippen molar-refractivity contribution in [2.75, 3.05) is 26.4 Å². The summed E-state index contributed by atoms with van der Waals surface area (Å²) in [7, 11) is 0. The second-order valence-corrected chi connectivity index (χ2v) is 2.86. The lowest BCUT2D eigenvalue weighted by atomic mass is 10.3. The van der Waals surface area contributed by atoms with Gasteiger partial charge in [0.1, 0.15) is 6.10 Å². The number of hydrogen-bond acceptors (Lipinski definition) is 3. The first-order valence-corrected chi connectivity index (χ1v) is 4.69. The van der Waals surface area contributed by atoms with E-state index in [1.54, 1.807) is 6.08 Å². The number of rotatable bonds is 9. The molecule has 0 aliphatic heterocycles. The number of unbranched alkanes of at least 4 members (excludes halogenated alkanes) is 1. The molecule has 0 heterocycles. The van der Waals surface area contributed by atoms with Crippen molar-refractivity contribution in [3.63, 3.8) is 0 Å². The predicted molar refractivity (Wildman–Crippen MR) is 55.9 cm³/mol. The zero-order chi connectivity index (χ0) is 10.6. The molecule has 3 nitrogen and oxygen atoms in total. The molecule has 1 atom stereocenters. The molecule has 0 aliphatic rings. The molecule has 1 N–H and O–H groups in total. The van der Waals surface area contributed by atoms with Gasteiger partial charge in [-0.3, -0.25) is 0 Å². The number of aliphatic hydroxyl groups excluding tert-OH is 1. The highest BCUT2D eigenvalue weighted by molar-refractivity contribution is 4.82. The van der Waals surface area contributed by atoms with Crippen LogP contribution in [0.15, 0.2) is 12.7 Å². The van der Waals surface area contributed by atoms with Crippen molar-refractivity contribution in [2.24, 2.45) is 0 Å². The molecule has 14 heavy (non-hydrogen) atoms. The Bertz CT molecular complexity index is 172. The highest BCUT2D eigenvalue weighted by Crippen LogP contribution is 1.92. The Morgan fingerprint density at radius 2 is 2.14 bits per heavy atom. The minimum Gasteiger partial charge on any atom is -0.388 e. The van der Waals surface area contributed by atoms with Crippen LogP contribution in [0.5, 0.6) is 0 Å². The van der Waals surface area contributed by atoms with Gasteiger partial charge in [-0.05, 0) is 6.42 Å². The summed E-state index contributed by atoms with van der Waals surface area (Å²) in [4.78, 5) is 0. The monoisotopic (exact) mass is 198 g/mol. The standard InChI is InChI=1S/C11H18O3/c1-3-5-6-8-14-10-11(12)9-13-7-4-2/h1,4,11-12H,2,5-10H2. The molecular formula is C11H18O3. The second-order valence-electron chi connectivity index (χ2n) is 2.86. The van der Waals surface area contributed by atoms with E-state index >= 15 is 0 Å². The number of hydrogen-bond donors (Lipinski definition) is 1. The van der Waals surface area contributed by atoms with Crippen molar-refractivity contribution in [3.8, 4) is 12.3 Å². The van der Waals surface area contributed by atoms with Crippen LogP contribution < -0.4 is 0 Å². The summed E-state index contributed by atoms with van der Waals surface area (Å²) in [5.74, 6) is 2.52. The molecule has 0 spiro atoms. The summed E-state index contributed by atoms with van der Waals surface area (Å²) in [6.45, 7) is 5.11. The number of aliphatic hydroxyl groups is 1. The molecule has 0 aromatic carbocycles. The van der Waals surface area contributed by atoms with E-state index < -0.39 is 6.10 Å². The minimum atomic E-state index is -0.569.